The molecule has 1 aliphatic heterocycles. The zero-order chi connectivity index (χ0) is 12.3. The molecule has 0 aliphatic carbocycles. The number of hydrogen-bond donors (Lipinski definition) is 1. The van der Waals surface area contributed by atoms with E-state index in [1.54, 1.807) is 0 Å². The van der Waals surface area contributed by atoms with E-state index in [1.807, 2.05) is 6.07 Å². The van der Waals surface area contributed by atoms with E-state index in [0.717, 1.165) is 37.5 Å². The second-order valence-electron chi connectivity index (χ2n) is 4.73. The molecule has 0 saturated carbocycles. The molecule has 1 aromatic rings. The topological polar surface area (TPSA) is 38.5 Å². The monoisotopic (exact) mass is 234 g/mol. The predicted octanol–water partition coefficient (Wildman–Crippen LogP) is 2.58. The summed E-state index contributed by atoms with van der Waals surface area (Å²) >= 11 is 0. The molecule has 1 fully saturated rings. The molecule has 1 unspecified atom stereocenters. The van der Waals surface area contributed by atoms with Gasteiger partial charge in [0.05, 0.1) is 17.5 Å². The van der Waals surface area contributed by atoms with Gasteiger partial charge in [-0.15, -0.1) is 0 Å². The number of nitrogen functional groups attached to an aromatic ring is 1. The highest BCUT2D eigenvalue weighted by atomic mass is 16.5. The van der Waals surface area contributed by atoms with Crippen molar-refractivity contribution in [3.05, 3.63) is 23.8 Å². The molecule has 3 nitrogen and oxygen atoms in total. The average molecular weight is 234 g/mol. The zero-order valence-electron chi connectivity index (χ0n) is 10.8. The van der Waals surface area contributed by atoms with Gasteiger partial charge in [0.15, 0.2) is 0 Å². The van der Waals surface area contributed by atoms with Crippen molar-refractivity contribution in [2.24, 2.45) is 0 Å². The predicted molar refractivity (Wildman–Crippen MR) is 72.5 cm³/mol. The Kier molecular flexibility index (Phi) is 3.89. The van der Waals surface area contributed by atoms with Crippen molar-refractivity contribution in [1.82, 2.24) is 0 Å². The van der Waals surface area contributed by atoms with Crippen molar-refractivity contribution < 1.29 is 4.74 Å². The third-order valence-electron chi connectivity index (χ3n) is 3.31. The Morgan fingerprint density at radius 1 is 1.47 bits per heavy atom. The van der Waals surface area contributed by atoms with Crippen LogP contribution < -0.4 is 10.6 Å². The molecular formula is C14H22N2O. The van der Waals surface area contributed by atoms with Crippen LogP contribution in [0.1, 0.15) is 25.3 Å². The zero-order valence-corrected chi connectivity index (χ0v) is 10.8. The number of nitrogens with zero attached hydrogens (tertiary/aromatic N) is 1. The number of hydrogen-bond acceptors (Lipinski definition) is 3. The second-order valence-corrected chi connectivity index (χ2v) is 4.73. The van der Waals surface area contributed by atoms with E-state index < -0.39 is 0 Å². The smallest absolute Gasteiger partial charge is 0.0750 e. The Labute approximate surface area is 104 Å². The molecule has 0 amide bonds. The molecule has 0 radical (unpaired) electrons. The summed E-state index contributed by atoms with van der Waals surface area (Å²) < 4.78 is 5.72. The highest BCUT2D eigenvalue weighted by Crippen LogP contribution is 2.27. The van der Waals surface area contributed by atoms with Gasteiger partial charge in [-0.05, 0) is 44.4 Å². The summed E-state index contributed by atoms with van der Waals surface area (Å²) in [6.45, 7) is 6.99. The normalized spacial score (nSPS) is 20.6. The lowest BCUT2D eigenvalue weighted by molar-refractivity contribution is 0.0527. The Hall–Kier alpha value is -1.22. The molecule has 0 spiro atoms. The number of aryl methyl sites for hydroxylation is 1. The van der Waals surface area contributed by atoms with Gasteiger partial charge < -0.3 is 15.4 Å². The summed E-state index contributed by atoms with van der Waals surface area (Å²) in [7, 11) is 0. The van der Waals surface area contributed by atoms with E-state index in [0.29, 0.717) is 6.10 Å². The van der Waals surface area contributed by atoms with Crippen LogP contribution in [0.2, 0.25) is 0 Å². The molecule has 0 bridgehead atoms. The molecular weight excluding hydrogens is 212 g/mol. The van der Waals surface area contributed by atoms with Gasteiger partial charge in [-0.3, -0.25) is 0 Å². The Morgan fingerprint density at radius 3 is 3.06 bits per heavy atom. The lowest BCUT2D eigenvalue weighted by atomic mass is 10.1. The van der Waals surface area contributed by atoms with E-state index in [1.165, 1.54) is 12.0 Å². The van der Waals surface area contributed by atoms with Crippen molar-refractivity contribution in [3.8, 4) is 0 Å². The van der Waals surface area contributed by atoms with Crippen molar-refractivity contribution in [1.29, 1.82) is 0 Å². The molecule has 17 heavy (non-hydrogen) atoms. The molecule has 0 aromatic heterocycles. The number of anilines is 2. The Balaban J connectivity index is 2.13. The number of benzene rings is 1. The van der Waals surface area contributed by atoms with Crippen molar-refractivity contribution in [2.45, 2.75) is 32.8 Å². The number of rotatable bonds is 3. The molecule has 1 aromatic carbocycles. The summed E-state index contributed by atoms with van der Waals surface area (Å²) in [5.41, 5.74) is 9.34. The summed E-state index contributed by atoms with van der Waals surface area (Å²) in [5, 5.41) is 0. The van der Waals surface area contributed by atoms with Crippen LogP contribution in [0.5, 0.6) is 0 Å². The number of nitrogens with two attached hydrogens (primary N) is 1. The van der Waals surface area contributed by atoms with Crippen LogP contribution in [0.3, 0.4) is 0 Å². The van der Waals surface area contributed by atoms with E-state index in [-0.39, 0.29) is 0 Å². The fourth-order valence-electron chi connectivity index (χ4n) is 2.46. The van der Waals surface area contributed by atoms with Crippen LogP contribution in [-0.4, -0.2) is 25.8 Å². The van der Waals surface area contributed by atoms with Gasteiger partial charge in [-0.2, -0.15) is 0 Å². The first-order valence-electron chi connectivity index (χ1n) is 6.43. The first-order chi connectivity index (χ1) is 8.20. The summed E-state index contributed by atoms with van der Waals surface area (Å²) in [6, 6.07) is 6.22. The van der Waals surface area contributed by atoms with Gasteiger partial charge in [-0.1, -0.05) is 6.07 Å². The van der Waals surface area contributed by atoms with Gasteiger partial charge in [0.1, 0.15) is 0 Å². The SMILES string of the molecule is CCOC1CCCN(c2cc(C)ccc2N)C1. The lowest BCUT2D eigenvalue weighted by Crippen LogP contribution is -2.40. The van der Waals surface area contributed by atoms with Crippen LogP contribution in [0.4, 0.5) is 11.4 Å². The standard InChI is InChI=1S/C14H22N2O/c1-3-17-12-5-4-8-16(10-12)14-9-11(2)6-7-13(14)15/h6-7,9,12H,3-5,8,10,15H2,1-2H3. The molecule has 1 heterocycles. The third-order valence-corrected chi connectivity index (χ3v) is 3.31. The molecule has 2 rings (SSSR count). The van der Waals surface area contributed by atoms with E-state index >= 15 is 0 Å². The van der Waals surface area contributed by atoms with E-state index in [4.69, 9.17) is 10.5 Å². The quantitative estimate of drug-likeness (QED) is 0.817. The fraction of sp³-hybridized carbons (Fsp3) is 0.571. The van der Waals surface area contributed by atoms with Crippen molar-refractivity contribution in [2.75, 3.05) is 30.3 Å². The average Bonchev–Trinajstić information content (AvgIpc) is 2.33. The van der Waals surface area contributed by atoms with Gasteiger partial charge >= 0.3 is 0 Å². The maximum atomic E-state index is 6.06. The van der Waals surface area contributed by atoms with E-state index in [9.17, 15) is 0 Å². The molecule has 3 heteroatoms. The van der Waals surface area contributed by atoms with Crippen LogP contribution in [-0.2, 0) is 4.74 Å². The molecule has 2 N–H and O–H groups in total. The summed E-state index contributed by atoms with van der Waals surface area (Å²) in [5.74, 6) is 0. The van der Waals surface area contributed by atoms with Gasteiger partial charge in [0.2, 0.25) is 0 Å². The van der Waals surface area contributed by atoms with Gasteiger partial charge in [0, 0.05) is 19.7 Å². The van der Waals surface area contributed by atoms with Crippen molar-refractivity contribution >= 4 is 11.4 Å². The van der Waals surface area contributed by atoms with Crippen molar-refractivity contribution in [3.63, 3.8) is 0 Å². The molecule has 1 atom stereocenters. The van der Waals surface area contributed by atoms with Crippen LogP contribution in [0.15, 0.2) is 18.2 Å². The lowest BCUT2D eigenvalue weighted by Gasteiger charge is -2.35. The third kappa shape index (κ3) is 2.91. The highest BCUT2D eigenvalue weighted by Gasteiger charge is 2.21. The molecule has 1 aliphatic rings. The highest BCUT2D eigenvalue weighted by molar-refractivity contribution is 5.68. The molecule has 94 valence electrons. The fourth-order valence-corrected chi connectivity index (χ4v) is 2.46. The Bertz CT molecular complexity index is 376. The Morgan fingerprint density at radius 2 is 2.29 bits per heavy atom. The van der Waals surface area contributed by atoms with Crippen LogP contribution in [0, 0.1) is 6.92 Å². The number of piperidine rings is 1. The van der Waals surface area contributed by atoms with Crippen LogP contribution >= 0.6 is 0 Å². The maximum Gasteiger partial charge on any atom is 0.0750 e. The summed E-state index contributed by atoms with van der Waals surface area (Å²) in [6.07, 6.45) is 2.70. The van der Waals surface area contributed by atoms with Gasteiger partial charge in [0.25, 0.3) is 0 Å². The van der Waals surface area contributed by atoms with Gasteiger partial charge in [-0.25, -0.2) is 0 Å². The minimum absolute atomic E-state index is 0.355. The molecule has 1 saturated heterocycles. The van der Waals surface area contributed by atoms with Crippen LogP contribution in [0.25, 0.3) is 0 Å². The largest absolute Gasteiger partial charge is 0.397 e. The first kappa shape index (κ1) is 12.2. The minimum Gasteiger partial charge on any atom is -0.397 e. The number of ether oxygens (including phenoxy) is 1. The minimum atomic E-state index is 0.355. The summed E-state index contributed by atoms with van der Waals surface area (Å²) in [4.78, 5) is 2.35. The maximum absolute atomic E-state index is 6.06. The first-order valence-corrected chi connectivity index (χ1v) is 6.43. The second kappa shape index (κ2) is 5.41. The van der Waals surface area contributed by atoms with E-state index in [2.05, 4.69) is 30.9 Å².